The molecular formula is C14H22N4O. The minimum atomic E-state index is 0.332. The zero-order valence-electron chi connectivity index (χ0n) is 11.5. The molecule has 104 valence electrons. The molecule has 1 fully saturated rings. The van der Waals surface area contributed by atoms with Crippen molar-refractivity contribution in [2.24, 2.45) is 5.73 Å². The van der Waals surface area contributed by atoms with Gasteiger partial charge in [0.15, 0.2) is 0 Å². The molecule has 1 aliphatic carbocycles. The van der Waals surface area contributed by atoms with E-state index in [9.17, 15) is 0 Å². The van der Waals surface area contributed by atoms with Crippen molar-refractivity contribution in [2.45, 2.75) is 44.2 Å². The molecule has 5 heteroatoms. The van der Waals surface area contributed by atoms with Crippen molar-refractivity contribution >= 4 is 5.82 Å². The summed E-state index contributed by atoms with van der Waals surface area (Å²) in [5, 5.41) is 0. The molecule has 1 aromatic heterocycles. The molecule has 0 bridgehead atoms. The predicted molar refractivity (Wildman–Crippen MR) is 74.3 cm³/mol. The third kappa shape index (κ3) is 2.32. The first kappa shape index (κ1) is 12.8. The smallest absolute Gasteiger partial charge is 0.135 e. The first-order valence-electron chi connectivity index (χ1n) is 7.15. The summed E-state index contributed by atoms with van der Waals surface area (Å²) >= 11 is 0. The van der Waals surface area contributed by atoms with Gasteiger partial charge in [-0.05, 0) is 32.1 Å². The Balaban J connectivity index is 1.87. The Hall–Kier alpha value is -1.20. The van der Waals surface area contributed by atoms with Gasteiger partial charge in [0.05, 0.1) is 6.10 Å². The van der Waals surface area contributed by atoms with E-state index in [0.717, 1.165) is 38.0 Å². The van der Waals surface area contributed by atoms with Gasteiger partial charge in [0.25, 0.3) is 0 Å². The molecule has 2 unspecified atom stereocenters. The molecule has 1 aromatic rings. The van der Waals surface area contributed by atoms with Crippen LogP contribution in [0.4, 0.5) is 5.82 Å². The van der Waals surface area contributed by atoms with Gasteiger partial charge in [0.1, 0.15) is 12.1 Å². The van der Waals surface area contributed by atoms with E-state index < -0.39 is 0 Å². The van der Waals surface area contributed by atoms with Crippen molar-refractivity contribution in [3.8, 4) is 0 Å². The van der Waals surface area contributed by atoms with Crippen LogP contribution in [0.2, 0.25) is 0 Å². The van der Waals surface area contributed by atoms with E-state index in [4.69, 9.17) is 10.5 Å². The van der Waals surface area contributed by atoms with Crippen LogP contribution in [0.1, 0.15) is 30.5 Å². The van der Waals surface area contributed by atoms with Crippen molar-refractivity contribution in [3.63, 3.8) is 0 Å². The number of anilines is 1. The Bertz CT molecular complexity index is 451. The van der Waals surface area contributed by atoms with Gasteiger partial charge in [-0.1, -0.05) is 0 Å². The van der Waals surface area contributed by atoms with Gasteiger partial charge >= 0.3 is 0 Å². The molecular weight excluding hydrogens is 240 g/mol. The van der Waals surface area contributed by atoms with E-state index in [-0.39, 0.29) is 0 Å². The standard InChI is InChI=1S/C14H22N4O/c1-19-11-5-6-18(10(7-11)8-15)14-12-3-2-4-13(12)16-9-17-14/h9-11H,2-8,15H2,1H3. The molecule has 2 heterocycles. The summed E-state index contributed by atoms with van der Waals surface area (Å²) in [5.41, 5.74) is 8.53. The SMILES string of the molecule is COC1CCN(c2ncnc3c2CCC3)C(CN)C1. The summed E-state index contributed by atoms with van der Waals surface area (Å²) in [5.74, 6) is 1.12. The second-order valence-corrected chi connectivity index (χ2v) is 5.44. The van der Waals surface area contributed by atoms with Crippen LogP contribution < -0.4 is 10.6 Å². The fraction of sp³-hybridized carbons (Fsp3) is 0.714. The molecule has 19 heavy (non-hydrogen) atoms. The van der Waals surface area contributed by atoms with E-state index in [1.807, 2.05) is 0 Å². The van der Waals surface area contributed by atoms with Gasteiger partial charge in [-0.15, -0.1) is 0 Å². The summed E-state index contributed by atoms with van der Waals surface area (Å²) in [6, 6.07) is 0.332. The zero-order chi connectivity index (χ0) is 13.2. The van der Waals surface area contributed by atoms with Gasteiger partial charge in [-0.3, -0.25) is 0 Å². The first-order chi connectivity index (χ1) is 9.33. The second kappa shape index (κ2) is 5.43. The quantitative estimate of drug-likeness (QED) is 0.877. The average molecular weight is 262 g/mol. The topological polar surface area (TPSA) is 64.3 Å². The highest BCUT2D eigenvalue weighted by Gasteiger charge is 2.31. The summed E-state index contributed by atoms with van der Waals surface area (Å²) in [6.07, 6.45) is 7.47. The Kier molecular flexibility index (Phi) is 3.66. The van der Waals surface area contributed by atoms with Gasteiger partial charge < -0.3 is 15.4 Å². The van der Waals surface area contributed by atoms with Crippen molar-refractivity contribution in [2.75, 3.05) is 25.1 Å². The lowest BCUT2D eigenvalue weighted by atomic mass is 9.98. The summed E-state index contributed by atoms with van der Waals surface area (Å²) < 4.78 is 5.49. The predicted octanol–water partition coefficient (Wildman–Crippen LogP) is 0.908. The van der Waals surface area contributed by atoms with E-state index in [1.54, 1.807) is 13.4 Å². The molecule has 0 amide bonds. The second-order valence-electron chi connectivity index (χ2n) is 5.44. The number of aromatic nitrogens is 2. The zero-order valence-corrected chi connectivity index (χ0v) is 11.5. The Morgan fingerprint density at radius 3 is 3.11 bits per heavy atom. The number of piperidine rings is 1. The summed E-state index contributed by atoms with van der Waals surface area (Å²) in [4.78, 5) is 11.3. The molecule has 1 saturated heterocycles. The van der Waals surface area contributed by atoms with Crippen LogP contribution in [0.5, 0.6) is 0 Å². The van der Waals surface area contributed by atoms with Crippen LogP contribution in [0.15, 0.2) is 6.33 Å². The summed E-state index contributed by atoms with van der Waals surface area (Å²) in [7, 11) is 1.79. The number of ether oxygens (including phenoxy) is 1. The maximum absolute atomic E-state index is 5.95. The van der Waals surface area contributed by atoms with Crippen LogP contribution in [0.3, 0.4) is 0 Å². The van der Waals surface area contributed by atoms with Crippen LogP contribution >= 0.6 is 0 Å². The highest BCUT2D eigenvalue weighted by molar-refractivity contribution is 5.51. The van der Waals surface area contributed by atoms with E-state index >= 15 is 0 Å². The van der Waals surface area contributed by atoms with E-state index in [1.165, 1.54) is 17.7 Å². The number of fused-ring (bicyclic) bond motifs is 1. The normalized spacial score (nSPS) is 26.5. The molecule has 0 saturated carbocycles. The number of nitrogens with zero attached hydrogens (tertiary/aromatic N) is 3. The maximum atomic E-state index is 5.95. The first-order valence-corrected chi connectivity index (χ1v) is 7.15. The number of methoxy groups -OCH3 is 1. The third-order valence-electron chi connectivity index (χ3n) is 4.40. The fourth-order valence-corrected chi connectivity index (χ4v) is 3.32. The maximum Gasteiger partial charge on any atom is 0.135 e. The molecule has 1 aliphatic heterocycles. The fourth-order valence-electron chi connectivity index (χ4n) is 3.32. The van der Waals surface area contributed by atoms with Gasteiger partial charge in [0, 0.05) is 37.5 Å². The van der Waals surface area contributed by atoms with E-state index in [0.29, 0.717) is 18.7 Å². The molecule has 2 N–H and O–H groups in total. The number of aryl methyl sites for hydroxylation is 1. The molecule has 2 atom stereocenters. The minimum absolute atomic E-state index is 0.332. The largest absolute Gasteiger partial charge is 0.381 e. The molecule has 5 nitrogen and oxygen atoms in total. The Morgan fingerprint density at radius 1 is 1.42 bits per heavy atom. The van der Waals surface area contributed by atoms with E-state index in [2.05, 4.69) is 14.9 Å². The Morgan fingerprint density at radius 2 is 2.32 bits per heavy atom. The van der Waals surface area contributed by atoms with Crippen molar-refractivity contribution in [3.05, 3.63) is 17.6 Å². The van der Waals surface area contributed by atoms with Crippen molar-refractivity contribution in [1.29, 1.82) is 0 Å². The summed E-state index contributed by atoms with van der Waals surface area (Å²) in [6.45, 7) is 1.63. The van der Waals surface area contributed by atoms with Crippen molar-refractivity contribution < 1.29 is 4.74 Å². The number of nitrogens with two attached hydrogens (primary N) is 1. The van der Waals surface area contributed by atoms with Gasteiger partial charge in [-0.25, -0.2) is 9.97 Å². The molecule has 0 radical (unpaired) electrons. The van der Waals surface area contributed by atoms with Crippen LogP contribution in [0.25, 0.3) is 0 Å². The number of hydrogen-bond acceptors (Lipinski definition) is 5. The van der Waals surface area contributed by atoms with Crippen LogP contribution in [0, 0.1) is 0 Å². The van der Waals surface area contributed by atoms with Gasteiger partial charge in [-0.2, -0.15) is 0 Å². The molecule has 0 spiro atoms. The lowest BCUT2D eigenvalue weighted by molar-refractivity contribution is 0.0707. The number of rotatable bonds is 3. The van der Waals surface area contributed by atoms with Gasteiger partial charge in [0.2, 0.25) is 0 Å². The lowest BCUT2D eigenvalue weighted by Gasteiger charge is -2.40. The average Bonchev–Trinajstić information content (AvgIpc) is 2.95. The molecule has 3 rings (SSSR count). The van der Waals surface area contributed by atoms with Crippen molar-refractivity contribution in [1.82, 2.24) is 9.97 Å². The molecule has 0 aromatic carbocycles. The monoisotopic (exact) mass is 262 g/mol. The highest BCUT2D eigenvalue weighted by atomic mass is 16.5. The Labute approximate surface area is 114 Å². The third-order valence-corrected chi connectivity index (χ3v) is 4.40. The van der Waals surface area contributed by atoms with Crippen LogP contribution in [-0.2, 0) is 17.6 Å². The van der Waals surface area contributed by atoms with Crippen LogP contribution in [-0.4, -0.2) is 42.3 Å². The molecule has 2 aliphatic rings. The highest BCUT2D eigenvalue weighted by Crippen LogP contribution is 2.32. The number of hydrogen-bond donors (Lipinski definition) is 1. The lowest BCUT2D eigenvalue weighted by Crippen LogP contribution is -2.49. The minimum Gasteiger partial charge on any atom is -0.381 e.